The molecule has 0 aliphatic carbocycles. The molecule has 0 unspecified atom stereocenters. The van der Waals surface area contributed by atoms with Crippen LogP contribution in [0.3, 0.4) is 0 Å². The van der Waals surface area contributed by atoms with Gasteiger partial charge in [0.2, 0.25) is 0 Å². The monoisotopic (exact) mass is 834 g/mol. The van der Waals surface area contributed by atoms with E-state index in [4.69, 9.17) is 0 Å². The second-order valence-electron chi connectivity index (χ2n) is 12.5. The Balaban J connectivity index is 0.000000218. The molecule has 21 heteroatoms. The molecule has 13 nitrogen and oxygen atoms in total. The van der Waals surface area contributed by atoms with Crippen molar-refractivity contribution in [2.24, 2.45) is 0 Å². The quantitative estimate of drug-likeness (QED) is 0.177. The number of rotatable bonds is 8. The van der Waals surface area contributed by atoms with Crippen LogP contribution in [0.1, 0.15) is 21.7 Å². The van der Waals surface area contributed by atoms with E-state index in [-0.39, 0.29) is 38.7 Å². The fourth-order valence-electron chi connectivity index (χ4n) is 5.12. The summed E-state index contributed by atoms with van der Waals surface area (Å²) < 4.78 is 128. The molecule has 0 radical (unpaired) electrons. The van der Waals surface area contributed by atoms with Gasteiger partial charge in [0.25, 0.3) is 5.91 Å². The van der Waals surface area contributed by atoms with Crippen LogP contribution in [0.4, 0.5) is 32.0 Å². The first kappa shape index (κ1) is 42.1. The maximum Gasteiger partial charge on any atom is 0.435 e. The molecule has 0 spiro atoms. The van der Waals surface area contributed by atoms with Gasteiger partial charge in [-0.2, -0.15) is 36.5 Å². The molecule has 1 amide bonds. The lowest BCUT2D eigenvalue weighted by Crippen LogP contribution is -2.17. The van der Waals surface area contributed by atoms with Crippen LogP contribution in [0.25, 0.3) is 34.0 Å². The number of carbonyl (C=O) groups excluding carboxylic acids is 1. The van der Waals surface area contributed by atoms with Crippen LogP contribution in [-0.2, 0) is 32.0 Å². The van der Waals surface area contributed by atoms with E-state index in [1.54, 1.807) is 24.3 Å². The molecular weight excluding hydrogens is 803 g/mol. The summed E-state index contributed by atoms with van der Waals surface area (Å²) in [7, 11) is -1.85. The van der Waals surface area contributed by atoms with Crippen molar-refractivity contribution in [3.05, 3.63) is 114 Å². The molecule has 1 N–H and O–H groups in total. The molecule has 6 rings (SSSR count). The molecule has 0 aliphatic rings. The molecule has 0 atom stereocenters. The first-order valence-corrected chi connectivity index (χ1v) is 20.0. The summed E-state index contributed by atoms with van der Waals surface area (Å²) in [5.74, 6) is -0.322. The van der Waals surface area contributed by atoms with Gasteiger partial charge in [0.15, 0.2) is 41.9 Å². The number of halogens is 6. The Kier molecular flexibility index (Phi) is 11.7. The summed E-state index contributed by atoms with van der Waals surface area (Å²) in [6.45, 7) is 0. The number of anilines is 1. The second kappa shape index (κ2) is 15.8. The zero-order valence-corrected chi connectivity index (χ0v) is 32.1. The predicted octanol–water partition coefficient (Wildman–Crippen LogP) is 6.14. The van der Waals surface area contributed by atoms with Gasteiger partial charge in [0.1, 0.15) is 0 Å². The molecular formula is C36H32F6N8O5S2. The third kappa shape index (κ3) is 9.84. The summed E-state index contributed by atoms with van der Waals surface area (Å²) in [5, 5.41) is 9.55. The molecule has 0 fully saturated rings. The van der Waals surface area contributed by atoms with Crippen LogP contribution < -0.4 is 10.2 Å². The third-order valence-corrected chi connectivity index (χ3v) is 10.2. The molecule has 0 saturated heterocycles. The van der Waals surface area contributed by atoms with Crippen LogP contribution in [-0.4, -0.2) is 85.9 Å². The second-order valence-corrected chi connectivity index (χ2v) is 16.5. The predicted molar refractivity (Wildman–Crippen MR) is 198 cm³/mol. The molecule has 0 aliphatic heterocycles. The van der Waals surface area contributed by atoms with E-state index in [9.17, 15) is 48.0 Å². The van der Waals surface area contributed by atoms with Gasteiger partial charge in [-0.15, -0.1) is 0 Å². The van der Waals surface area contributed by atoms with Crippen molar-refractivity contribution in [2.75, 3.05) is 38.6 Å². The standard InChI is InChI=1S/C18H15F3N4O3S.C18H17F3N4O2S/c1-22-17(26)12-5-3-11(4-6-12)14-9-15(18(19,20)21)24-25(14)16-8-7-13(10-23-16)29(2,27)28;1-24(2)13-6-4-12(5-7-13)15-10-16(18(19,20)21)23-25(15)14-8-9-17(22-11-14)28(3,26)27/h3-10H,1-2H3,(H,22,26);4-11H,1-3H3. The number of amides is 1. The van der Waals surface area contributed by atoms with Crippen LogP contribution in [0, 0.1) is 0 Å². The van der Waals surface area contributed by atoms with Gasteiger partial charge in [-0.1, -0.05) is 24.3 Å². The Morgan fingerprint density at radius 2 is 1.19 bits per heavy atom. The Morgan fingerprint density at radius 1 is 0.667 bits per heavy atom. The number of nitrogens with one attached hydrogen (secondary N) is 1. The minimum Gasteiger partial charge on any atom is -0.378 e. The Bertz CT molecular complexity index is 2610. The molecule has 57 heavy (non-hydrogen) atoms. The normalized spacial score (nSPS) is 12.1. The topological polar surface area (TPSA) is 162 Å². The zero-order chi connectivity index (χ0) is 42.1. The molecule has 300 valence electrons. The molecule has 2 aromatic carbocycles. The number of nitrogens with zero attached hydrogens (tertiary/aromatic N) is 7. The summed E-state index contributed by atoms with van der Waals surface area (Å²) >= 11 is 0. The van der Waals surface area contributed by atoms with Crippen molar-refractivity contribution < 1.29 is 48.0 Å². The highest BCUT2D eigenvalue weighted by atomic mass is 32.2. The Morgan fingerprint density at radius 3 is 1.61 bits per heavy atom. The summed E-state index contributed by atoms with van der Waals surface area (Å²) in [6, 6.07) is 19.8. The van der Waals surface area contributed by atoms with Crippen LogP contribution >= 0.6 is 0 Å². The average Bonchev–Trinajstić information content (AvgIpc) is 3.81. The average molecular weight is 835 g/mol. The zero-order valence-electron chi connectivity index (χ0n) is 30.5. The van der Waals surface area contributed by atoms with Crippen molar-refractivity contribution in [3.63, 3.8) is 0 Å². The lowest BCUT2D eigenvalue weighted by atomic mass is 10.1. The number of hydrogen-bond donors (Lipinski definition) is 1. The number of pyridine rings is 2. The third-order valence-electron chi connectivity index (χ3n) is 8.06. The highest BCUT2D eigenvalue weighted by molar-refractivity contribution is 7.91. The van der Waals surface area contributed by atoms with Crippen molar-refractivity contribution in [1.29, 1.82) is 0 Å². The Hall–Kier alpha value is -6.09. The number of aromatic nitrogens is 6. The van der Waals surface area contributed by atoms with Crippen molar-refractivity contribution >= 4 is 31.3 Å². The minimum atomic E-state index is -4.69. The first-order chi connectivity index (χ1) is 26.5. The van der Waals surface area contributed by atoms with Crippen molar-refractivity contribution in [2.45, 2.75) is 22.3 Å². The lowest BCUT2D eigenvalue weighted by Gasteiger charge is -2.13. The minimum absolute atomic E-state index is 0.0123. The maximum atomic E-state index is 13.2. The van der Waals surface area contributed by atoms with E-state index < -0.39 is 43.4 Å². The van der Waals surface area contributed by atoms with Gasteiger partial charge in [-0.25, -0.2) is 36.2 Å². The van der Waals surface area contributed by atoms with Gasteiger partial charge >= 0.3 is 12.4 Å². The first-order valence-electron chi connectivity index (χ1n) is 16.2. The van der Waals surface area contributed by atoms with Crippen molar-refractivity contribution in [1.82, 2.24) is 34.8 Å². The van der Waals surface area contributed by atoms with Crippen molar-refractivity contribution in [3.8, 4) is 34.0 Å². The summed E-state index contributed by atoms with van der Waals surface area (Å²) in [6.07, 6.45) is -5.07. The number of alkyl halides is 6. The van der Waals surface area contributed by atoms with Crippen LogP contribution in [0.2, 0.25) is 0 Å². The molecule has 0 saturated carbocycles. The maximum absolute atomic E-state index is 13.2. The van der Waals surface area contributed by atoms with Crippen LogP contribution in [0.15, 0.2) is 107 Å². The number of carbonyl (C=O) groups is 1. The van der Waals surface area contributed by atoms with Gasteiger partial charge in [-0.3, -0.25) is 4.79 Å². The van der Waals surface area contributed by atoms with E-state index in [1.165, 1.54) is 61.8 Å². The van der Waals surface area contributed by atoms with Crippen LogP contribution in [0.5, 0.6) is 0 Å². The Labute approximate surface area is 322 Å². The molecule has 0 bridgehead atoms. The van der Waals surface area contributed by atoms with Gasteiger partial charge < -0.3 is 10.2 Å². The largest absolute Gasteiger partial charge is 0.435 e. The molecule has 4 heterocycles. The fraction of sp³-hybridized carbons (Fsp3) is 0.194. The van der Waals surface area contributed by atoms with E-state index >= 15 is 0 Å². The van der Waals surface area contributed by atoms with Gasteiger partial charge in [0, 0.05) is 62.2 Å². The van der Waals surface area contributed by atoms with E-state index in [1.807, 2.05) is 19.0 Å². The fourth-order valence-corrected chi connectivity index (χ4v) is 6.24. The van der Waals surface area contributed by atoms with E-state index in [0.717, 1.165) is 45.9 Å². The lowest BCUT2D eigenvalue weighted by molar-refractivity contribution is -0.142. The van der Waals surface area contributed by atoms with E-state index in [2.05, 4.69) is 25.5 Å². The van der Waals surface area contributed by atoms with Gasteiger partial charge in [0.05, 0.1) is 28.2 Å². The highest BCUT2D eigenvalue weighted by Crippen LogP contribution is 2.35. The smallest absolute Gasteiger partial charge is 0.378 e. The number of hydrogen-bond acceptors (Lipinski definition) is 10. The number of benzene rings is 2. The van der Waals surface area contributed by atoms with E-state index in [0.29, 0.717) is 16.7 Å². The molecule has 4 aromatic heterocycles. The summed E-state index contributed by atoms with van der Waals surface area (Å²) in [4.78, 5) is 21.2. The molecule has 6 aromatic rings. The summed E-state index contributed by atoms with van der Waals surface area (Å²) in [5.41, 5.74) is 0.471. The highest BCUT2D eigenvalue weighted by Gasteiger charge is 2.36. The van der Waals surface area contributed by atoms with Gasteiger partial charge in [-0.05, 0) is 60.7 Å². The SMILES string of the molecule is CN(C)c1ccc(-c2cc(C(F)(F)F)nn2-c2ccc(S(C)(=O)=O)nc2)cc1.CNC(=O)c1ccc(-c2cc(C(F)(F)F)nn2-c2ccc(S(C)(=O)=O)cn2)cc1. The number of sulfone groups is 2.